The second kappa shape index (κ2) is 6.27. The first kappa shape index (κ1) is 14.2. The van der Waals surface area contributed by atoms with Crippen molar-refractivity contribution in [3.05, 3.63) is 60.7 Å². The Morgan fingerprint density at radius 2 is 2.26 bits per heavy atom. The third-order valence-electron chi connectivity index (χ3n) is 2.89. The predicted octanol–water partition coefficient (Wildman–Crippen LogP) is 4.27. The first-order valence-corrected chi connectivity index (χ1v) is 7.50. The van der Waals surface area contributed by atoms with Crippen LogP contribution in [0.4, 0.5) is 5.69 Å². The van der Waals surface area contributed by atoms with Crippen molar-refractivity contribution in [3.8, 4) is 0 Å². The van der Waals surface area contributed by atoms with E-state index in [1.54, 1.807) is 17.4 Å². The molecule has 0 spiro atoms. The minimum atomic E-state index is -0.393. The highest BCUT2D eigenvalue weighted by Gasteiger charge is 2.10. The molecule has 0 radical (unpaired) electrons. The number of halogens is 1. The Morgan fingerprint density at radius 1 is 1.47 bits per heavy atom. The lowest BCUT2D eigenvalue weighted by atomic mass is 10.1. The van der Waals surface area contributed by atoms with Gasteiger partial charge in [0.2, 0.25) is 0 Å². The standard InChI is InChI=1S/C13H13BrN2O2S/c1-9(11-4-5-19-8-11)15-7-10-2-3-12(16(17)18)6-13(10)14/h2-6,8-9,15H,7H2,1H3. The molecule has 2 rings (SSSR count). The van der Waals surface area contributed by atoms with Crippen LogP contribution in [0.2, 0.25) is 0 Å². The van der Waals surface area contributed by atoms with Crippen molar-refractivity contribution in [2.75, 3.05) is 0 Å². The summed E-state index contributed by atoms with van der Waals surface area (Å²) < 4.78 is 0.756. The number of rotatable bonds is 5. The summed E-state index contributed by atoms with van der Waals surface area (Å²) in [5.74, 6) is 0. The first-order chi connectivity index (χ1) is 9.08. The SMILES string of the molecule is CC(NCc1ccc([N+](=O)[O-])cc1Br)c1ccsc1. The zero-order chi connectivity index (χ0) is 13.8. The highest BCUT2D eigenvalue weighted by molar-refractivity contribution is 9.10. The summed E-state index contributed by atoms with van der Waals surface area (Å²) in [7, 11) is 0. The summed E-state index contributed by atoms with van der Waals surface area (Å²) in [4.78, 5) is 10.3. The van der Waals surface area contributed by atoms with Crippen LogP contribution in [0.25, 0.3) is 0 Å². The second-order valence-corrected chi connectivity index (χ2v) is 5.83. The summed E-state index contributed by atoms with van der Waals surface area (Å²) in [5, 5.41) is 18.2. The number of thiophene rings is 1. The number of benzene rings is 1. The Morgan fingerprint density at radius 3 is 2.84 bits per heavy atom. The van der Waals surface area contributed by atoms with Gasteiger partial charge in [-0.05, 0) is 40.9 Å². The van der Waals surface area contributed by atoms with Gasteiger partial charge in [-0.1, -0.05) is 15.9 Å². The molecule has 0 aliphatic heterocycles. The van der Waals surface area contributed by atoms with E-state index in [0.29, 0.717) is 6.54 Å². The van der Waals surface area contributed by atoms with Gasteiger partial charge in [-0.25, -0.2) is 0 Å². The van der Waals surface area contributed by atoms with Gasteiger partial charge in [0.1, 0.15) is 0 Å². The summed E-state index contributed by atoms with van der Waals surface area (Å²) in [6.07, 6.45) is 0. The first-order valence-electron chi connectivity index (χ1n) is 5.76. The van der Waals surface area contributed by atoms with Crippen molar-refractivity contribution in [2.24, 2.45) is 0 Å². The predicted molar refractivity (Wildman–Crippen MR) is 80.4 cm³/mol. The molecule has 1 atom stereocenters. The van der Waals surface area contributed by atoms with Gasteiger partial charge in [0.05, 0.1) is 4.92 Å². The van der Waals surface area contributed by atoms with Crippen molar-refractivity contribution in [1.29, 1.82) is 0 Å². The van der Waals surface area contributed by atoms with E-state index in [1.165, 1.54) is 17.7 Å². The zero-order valence-electron chi connectivity index (χ0n) is 10.3. The molecule has 1 unspecified atom stereocenters. The Kier molecular flexibility index (Phi) is 4.68. The van der Waals surface area contributed by atoms with Gasteiger partial charge in [-0.3, -0.25) is 10.1 Å². The van der Waals surface area contributed by atoms with Gasteiger partial charge < -0.3 is 5.32 Å². The molecule has 1 aromatic carbocycles. The van der Waals surface area contributed by atoms with E-state index in [4.69, 9.17) is 0 Å². The van der Waals surface area contributed by atoms with Crippen LogP contribution in [-0.4, -0.2) is 4.92 Å². The molecule has 6 heteroatoms. The Bertz CT molecular complexity index is 572. The monoisotopic (exact) mass is 340 g/mol. The molecular weight excluding hydrogens is 328 g/mol. The fourth-order valence-corrected chi connectivity index (χ4v) is 2.96. The molecule has 2 aromatic rings. The maximum atomic E-state index is 10.7. The lowest BCUT2D eigenvalue weighted by Gasteiger charge is -2.13. The third-order valence-corrected chi connectivity index (χ3v) is 4.33. The fraction of sp³-hybridized carbons (Fsp3) is 0.231. The molecule has 1 N–H and O–H groups in total. The topological polar surface area (TPSA) is 55.2 Å². The van der Waals surface area contributed by atoms with E-state index in [9.17, 15) is 10.1 Å². The van der Waals surface area contributed by atoms with E-state index < -0.39 is 4.92 Å². The molecule has 1 heterocycles. The summed E-state index contributed by atoms with van der Waals surface area (Å²) in [5.41, 5.74) is 2.36. The molecule has 0 saturated heterocycles. The minimum Gasteiger partial charge on any atom is -0.306 e. The smallest absolute Gasteiger partial charge is 0.270 e. The van der Waals surface area contributed by atoms with Crippen LogP contribution >= 0.6 is 27.3 Å². The molecule has 19 heavy (non-hydrogen) atoms. The van der Waals surface area contributed by atoms with Crippen molar-refractivity contribution in [3.63, 3.8) is 0 Å². The van der Waals surface area contributed by atoms with E-state index in [0.717, 1.165) is 10.0 Å². The van der Waals surface area contributed by atoms with Gasteiger partial charge in [-0.2, -0.15) is 11.3 Å². The summed E-state index contributed by atoms with van der Waals surface area (Å²) in [6.45, 7) is 2.76. The number of hydrogen-bond acceptors (Lipinski definition) is 4. The van der Waals surface area contributed by atoms with E-state index in [-0.39, 0.29) is 11.7 Å². The molecule has 4 nitrogen and oxygen atoms in total. The fourth-order valence-electron chi connectivity index (χ4n) is 1.70. The van der Waals surface area contributed by atoms with Gasteiger partial charge in [0, 0.05) is 29.2 Å². The van der Waals surface area contributed by atoms with Crippen molar-refractivity contribution in [2.45, 2.75) is 19.5 Å². The number of nitro groups is 1. The van der Waals surface area contributed by atoms with Gasteiger partial charge in [0.15, 0.2) is 0 Å². The number of nitrogens with one attached hydrogen (secondary N) is 1. The van der Waals surface area contributed by atoms with E-state index in [1.807, 2.05) is 0 Å². The summed E-state index contributed by atoms with van der Waals surface area (Å²) >= 11 is 5.05. The van der Waals surface area contributed by atoms with Gasteiger partial charge in [-0.15, -0.1) is 0 Å². The average molecular weight is 341 g/mol. The molecule has 0 aliphatic carbocycles. The molecular formula is C13H13BrN2O2S. The van der Waals surface area contributed by atoms with Crippen LogP contribution in [0, 0.1) is 10.1 Å². The third kappa shape index (κ3) is 3.62. The Labute approximate surface area is 123 Å². The molecule has 0 saturated carbocycles. The highest BCUT2D eigenvalue weighted by Crippen LogP contribution is 2.24. The highest BCUT2D eigenvalue weighted by atomic mass is 79.9. The van der Waals surface area contributed by atoms with Crippen molar-refractivity contribution in [1.82, 2.24) is 5.32 Å². The van der Waals surface area contributed by atoms with Crippen LogP contribution in [0.1, 0.15) is 24.1 Å². The number of nitrogens with zero attached hydrogens (tertiary/aromatic N) is 1. The van der Waals surface area contributed by atoms with Crippen molar-refractivity contribution < 1.29 is 4.92 Å². The van der Waals surface area contributed by atoms with Crippen LogP contribution in [0.5, 0.6) is 0 Å². The maximum absolute atomic E-state index is 10.7. The van der Waals surface area contributed by atoms with E-state index in [2.05, 4.69) is 45.0 Å². The Balaban J connectivity index is 2.02. The maximum Gasteiger partial charge on any atom is 0.270 e. The lowest BCUT2D eigenvalue weighted by molar-refractivity contribution is -0.384. The van der Waals surface area contributed by atoms with Gasteiger partial charge in [0.25, 0.3) is 5.69 Å². The number of nitro benzene ring substituents is 1. The normalized spacial score (nSPS) is 12.3. The molecule has 0 amide bonds. The van der Waals surface area contributed by atoms with Crippen LogP contribution in [0.3, 0.4) is 0 Å². The van der Waals surface area contributed by atoms with Crippen LogP contribution in [-0.2, 0) is 6.54 Å². The van der Waals surface area contributed by atoms with Gasteiger partial charge >= 0.3 is 0 Å². The molecule has 0 fully saturated rings. The van der Waals surface area contributed by atoms with Crippen molar-refractivity contribution >= 4 is 33.0 Å². The number of non-ortho nitro benzene ring substituents is 1. The quantitative estimate of drug-likeness (QED) is 0.653. The van der Waals surface area contributed by atoms with Crippen LogP contribution in [0.15, 0.2) is 39.5 Å². The second-order valence-electron chi connectivity index (χ2n) is 4.19. The number of hydrogen-bond donors (Lipinski definition) is 1. The van der Waals surface area contributed by atoms with Crippen LogP contribution < -0.4 is 5.32 Å². The minimum absolute atomic E-state index is 0.0986. The molecule has 100 valence electrons. The summed E-state index contributed by atoms with van der Waals surface area (Å²) in [6, 6.07) is 7.18. The Hall–Kier alpha value is -1.24. The average Bonchev–Trinajstić information content (AvgIpc) is 2.90. The molecule has 0 aliphatic rings. The van der Waals surface area contributed by atoms with E-state index >= 15 is 0 Å². The largest absolute Gasteiger partial charge is 0.306 e. The molecule has 1 aromatic heterocycles. The zero-order valence-corrected chi connectivity index (χ0v) is 12.7. The molecule has 0 bridgehead atoms. The lowest BCUT2D eigenvalue weighted by Crippen LogP contribution is -2.17.